The van der Waals surface area contributed by atoms with Crippen LogP contribution in [-0.4, -0.2) is 20.4 Å². The van der Waals surface area contributed by atoms with Gasteiger partial charge in [-0.05, 0) is 42.0 Å². The molecule has 4 aromatic rings. The number of aromatic amines is 1. The van der Waals surface area contributed by atoms with Crippen LogP contribution >= 0.6 is 11.6 Å². The summed E-state index contributed by atoms with van der Waals surface area (Å²) in [4.78, 5) is 19.2. The number of halogens is 3. The SMILES string of the molecule is C=CC(=O)Nc1cc(-c2cn(C(F)F)cn2)c2[nH]c(-c3ccc(Cl)cc3)cc2c1. The van der Waals surface area contributed by atoms with Crippen molar-refractivity contribution in [2.24, 2.45) is 0 Å². The van der Waals surface area contributed by atoms with Gasteiger partial charge in [-0.15, -0.1) is 0 Å². The molecule has 2 heterocycles. The summed E-state index contributed by atoms with van der Waals surface area (Å²) in [6.45, 7) is 0.754. The first-order chi connectivity index (χ1) is 13.9. The number of hydrogen-bond donors (Lipinski definition) is 2. The molecular formula is C21H15ClF2N4O. The van der Waals surface area contributed by atoms with Crippen LogP contribution < -0.4 is 5.32 Å². The first-order valence-corrected chi connectivity index (χ1v) is 9.00. The van der Waals surface area contributed by atoms with Crippen molar-refractivity contribution in [3.8, 4) is 22.5 Å². The van der Waals surface area contributed by atoms with Crippen molar-refractivity contribution >= 4 is 34.1 Å². The Morgan fingerprint density at radius 3 is 2.66 bits per heavy atom. The first-order valence-electron chi connectivity index (χ1n) is 8.62. The van der Waals surface area contributed by atoms with E-state index in [9.17, 15) is 13.6 Å². The van der Waals surface area contributed by atoms with E-state index in [2.05, 4.69) is 21.9 Å². The Balaban J connectivity index is 1.88. The number of fused-ring (bicyclic) bond motifs is 1. The second-order valence-corrected chi connectivity index (χ2v) is 6.79. The number of carbonyl (C=O) groups excluding carboxylic acids is 1. The molecule has 2 aromatic carbocycles. The minimum absolute atomic E-state index is 0.356. The molecule has 2 aromatic heterocycles. The minimum Gasteiger partial charge on any atom is -0.354 e. The Labute approximate surface area is 169 Å². The molecule has 0 bridgehead atoms. The minimum atomic E-state index is -2.69. The Bertz CT molecular complexity index is 1210. The second-order valence-electron chi connectivity index (χ2n) is 6.36. The van der Waals surface area contributed by atoms with Gasteiger partial charge in [-0.1, -0.05) is 30.3 Å². The topological polar surface area (TPSA) is 62.7 Å². The van der Waals surface area contributed by atoms with E-state index in [4.69, 9.17) is 11.6 Å². The van der Waals surface area contributed by atoms with Crippen LogP contribution in [0, 0.1) is 0 Å². The highest BCUT2D eigenvalue weighted by molar-refractivity contribution is 6.30. The van der Waals surface area contributed by atoms with E-state index < -0.39 is 6.55 Å². The largest absolute Gasteiger partial charge is 0.354 e. The number of nitrogens with zero attached hydrogens (tertiary/aromatic N) is 2. The smallest absolute Gasteiger partial charge is 0.319 e. The third-order valence-corrected chi connectivity index (χ3v) is 4.69. The van der Waals surface area contributed by atoms with Gasteiger partial charge < -0.3 is 10.3 Å². The molecule has 0 saturated carbocycles. The van der Waals surface area contributed by atoms with Crippen LogP contribution in [0.4, 0.5) is 14.5 Å². The number of hydrogen-bond acceptors (Lipinski definition) is 2. The number of amides is 1. The summed E-state index contributed by atoms with van der Waals surface area (Å²) in [6, 6.07) is 12.7. The van der Waals surface area contributed by atoms with Crippen LogP contribution in [-0.2, 0) is 4.79 Å². The molecule has 5 nitrogen and oxygen atoms in total. The molecule has 0 spiro atoms. The van der Waals surface area contributed by atoms with E-state index >= 15 is 0 Å². The normalized spacial score (nSPS) is 11.2. The summed E-state index contributed by atoms with van der Waals surface area (Å²) in [6.07, 6.45) is 3.50. The predicted octanol–water partition coefficient (Wildman–Crippen LogP) is 5.87. The summed E-state index contributed by atoms with van der Waals surface area (Å²) in [5.74, 6) is -0.373. The van der Waals surface area contributed by atoms with Crippen LogP contribution in [0.25, 0.3) is 33.4 Å². The zero-order valence-electron chi connectivity index (χ0n) is 15.0. The maximum Gasteiger partial charge on any atom is 0.319 e. The lowest BCUT2D eigenvalue weighted by Gasteiger charge is -2.07. The fraction of sp³-hybridized carbons (Fsp3) is 0.0476. The van der Waals surface area contributed by atoms with Crippen molar-refractivity contribution in [3.63, 3.8) is 0 Å². The van der Waals surface area contributed by atoms with Gasteiger partial charge >= 0.3 is 6.55 Å². The molecule has 0 atom stereocenters. The monoisotopic (exact) mass is 412 g/mol. The lowest BCUT2D eigenvalue weighted by Crippen LogP contribution is -2.07. The molecule has 2 N–H and O–H groups in total. The molecule has 0 aliphatic carbocycles. The third-order valence-electron chi connectivity index (χ3n) is 4.44. The van der Waals surface area contributed by atoms with Crippen LogP contribution in [0.3, 0.4) is 0 Å². The lowest BCUT2D eigenvalue weighted by molar-refractivity contribution is -0.111. The van der Waals surface area contributed by atoms with Crippen molar-refractivity contribution in [1.29, 1.82) is 0 Å². The predicted molar refractivity (Wildman–Crippen MR) is 110 cm³/mol. The highest BCUT2D eigenvalue weighted by atomic mass is 35.5. The molecule has 4 rings (SSSR count). The van der Waals surface area contributed by atoms with E-state index in [0.717, 1.165) is 33.6 Å². The fourth-order valence-corrected chi connectivity index (χ4v) is 3.21. The summed E-state index contributed by atoms with van der Waals surface area (Å²) < 4.78 is 26.7. The fourth-order valence-electron chi connectivity index (χ4n) is 3.08. The van der Waals surface area contributed by atoms with E-state index in [-0.39, 0.29) is 5.91 Å². The number of benzene rings is 2. The lowest BCUT2D eigenvalue weighted by atomic mass is 10.1. The van der Waals surface area contributed by atoms with Crippen LogP contribution in [0.2, 0.25) is 5.02 Å². The van der Waals surface area contributed by atoms with Gasteiger partial charge in [0.1, 0.15) is 0 Å². The van der Waals surface area contributed by atoms with E-state index in [1.165, 1.54) is 6.20 Å². The Hall–Kier alpha value is -3.45. The molecule has 1 amide bonds. The standard InChI is InChI=1S/C21H15ClF2N4O/c1-2-19(29)26-15-7-13-8-17(12-3-5-14(22)6-4-12)27-20(13)16(9-15)18-10-28(11-25-18)21(23)24/h2-11,21,27H,1H2,(H,26,29). The maximum absolute atomic E-state index is 13.0. The summed E-state index contributed by atoms with van der Waals surface area (Å²) in [5, 5.41) is 4.12. The Morgan fingerprint density at radius 1 is 1.24 bits per heavy atom. The van der Waals surface area contributed by atoms with Gasteiger partial charge in [-0.3, -0.25) is 9.36 Å². The number of H-pyrrole nitrogens is 1. The number of aromatic nitrogens is 3. The molecule has 0 aliphatic heterocycles. The average Bonchev–Trinajstić information content (AvgIpc) is 3.35. The Morgan fingerprint density at radius 2 is 2.00 bits per heavy atom. The first kappa shape index (κ1) is 18.9. The van der Waals surface area contributed by atoms with Crippen molar-refractivity contribution < 1.29 is 13.6 Å². The quantitative estimate of drug-likeness (QED) is 0.402. The third kappa shape index (κ3) is 3.77. The molecule has 0 saturated heterocycles. The number of carbonyl (C=O) groups is 1. The second kappa shape index (κ2) is 7.52. The Kier molecular flexibility index (Phi) is 4.90. The van der Waals surface area contributed by atoms with Crippen molar-refractivity contribution in [1.82, 2.24) is 14.5 Å². The van der Waals surface area contributed by atoms with Crippen LogP contribution in [0.15, 0.2) is 67.6 Å². The highest BCUT2D eigenvalue weighted by Crippen LogP contribution is 2.34. The van der Waals surface area contributed by atoms with Gasteiger partial charge in [-0.25, -0.2) is 4.98 Å². The molecule has 0 radical (unpaired) electrons. The van der Waals surface area contributed by atoms with Crippen LogP contribution in [0.5, 0.6) is 0 Å². The summed E-state index contributed by atoms with van der Waals surface area (Å²) in [7, 11) is 0. The van der Waals surface area contributed by atoms with Crippen molar-refractivity contribution in [3.05, 3.63) is 72.7 Å². The van der Waals surface area contributed by atoms with Gasteiger partial charge in [0, 0.05) is 33.6 Å². The van der Waals surface area contributed by atoms with Crippen molar-refractivity contribution in [2.75, 3.05) is 5.32 Å². The molecule has 0 fully saturated rings. The van der Waals surface area contributed by atoms with E-state index in [1.807, 2.05) is 18.2 Å². The van der Waals surface area contributed by atoms with Crippen molar-refractivity contribution in [2.45, 2.75) is 6.55 Å². The van der Waals surface area contributed by atoms with Gasteiger partial charge in [0.15, 0.2) is 0 Å². The van der Waals surface area contributed by atoms with Gasteiger partial charge in [0.25, 0.3) is 0 Å². The van der Waals surface area contributed by atoms with E-state index in [1.54, 1.807) is 24.3 Å². The number of anilines is 1. The number of imidazole rings is 1. The average molecular weight is 413 g/mol. The molecule has 146 valence electrons. The molecule has 0 unspecified atom stereocenters. The van der Waals surface area contributed by atoms with E-state index in [0.29, 0.717) is 27.5 Å². The molecule has 0 aliphatic rings. The summed E-state index contributed by atoms with van der Waals surface area (Å²) >= 11 is 5.96. The molecular weight excluding hydrogens is 398 g/mol. The number of alkyl halides is 2. The van der Waals surface area contributed by atoms with Crippen LogP contribution in [0.1, 0.15) is 6.55 Å². The number of nitrogens with one attached hydrogen (secondary N) is 2. The van der Waals surface area contributed by atoms with Gasteiger partial charge in [-0.2, -0.15) is 8.78 Å². The highest BCUT2D eigenvalue weighted by Gasteiger charge is 2.15. The molecule has 8 heteroatoms. The maximum atomic E-state index is 13.0. The van der Waals surface area contributed by atoms with Gasteiger partial charge in [0.05, 0.1) is 17.5 Å². The zero-order valence-corrected chi connectivity index (χ0v) is 15.8. The number of rotatable bonds is 5. The van der Waals surface area contributed by atoms with Gasteiger partial charge in [0.2, 0.25) is 5.91 Å². The molecule has 29 heavy (non-hydrogen) atoms. The zero-order chi connectivity index (χ0) is 20.5. The summed E-state index contributed by atoms with van der Waals surface area (Å²) in [5.41, 5.74) is 3.89.